The largest absolute Gasteiger partial charge is 0.381 e. The van der Waals surface area contributed by atoms with Crippen LogP contribution in [-0.4, -0.2) is 4.92 Å². The van der Waals surface area contributed by atoms with E-state index in [-0.39, 0.29) is 10.6 Å². The number of hydrogen-bond acceptors (Lipinski definition) is 3. The predicted octanol–water partition coefficient (Wildman–Crippen LogP) is 3.82. The van der Waals surface area contributed by atoms with Gasteiger partial charge < -0.3 is 5.32 Å². The zero-order valence-electron chi connectivity index (χ0n) is 11.0. The second kappa shape index (κ2) is 5.52. The summed E-state index contributed by atoms with van der Waals surface area (Å²) in [5.74, 6) is 0. The highest BCUT2D eigenvalue weighted by Crippen LogP contribution is 2.22. The molecule has 0 aliphatic heterocycles. The van der Waals surface area contributed by atoms with E-state index in [1.54, 1.807) is 12.1 Å². The number of nitro groups is 1. The van der Waals surface area contributed by atoms with Gasteiger partial charge in [-0.15, -0.1) is 0 Å². The van der Waals surface area contributed by atoms with Crippen LogP contribution in [0.1, 0.15) is 16.7 Å². The molecule has 4 heteroatoms. The minimum Gasteiger partial charge on any atom is -0.381 e. The maximum Gasteiger partial charge on any atom is 0.271 e. The molecule has 0 amide bonds. The highest BCUT2D eigenvalue weighted by molar-refractivity contribution is 5.57. The van der Waals surface area contributed by atoms with Crippen LogP contribution in [0.5, 0.6) is 0 Å². The number of rotatable bonds is 4. The molecular formula is C15H16N2O2. The summed E-state index contributed by atoms with van der Waals surface area (Å²) >= 11 is 0. The molecule has 0 radical (unpaired) electrons. The molecule has 0 aromatic heterocycles. The number of hydrogen-bond donors (Lipinski definition) is 1. The lowest BCUT2D eigenvalue weighted by atomic mass is 10.1. The van der Waals surface area contributed by atoms with E-state index in [2.05, 4.69) is 29.6 Å². The van der Waals surface area contributed by atoms with Gasteiger partial charge in [0.1, 0.15) is 0 Å². The predicted molar refractivity (Wildman–Crippen MR) is 76.3 cm³/mol. The van der Waals surface area contributed by atoms with Gasteiger partial charge in [-0.05, 0) is 25.0 Å². The standard InChI is InChI=1S/C15H16N2O2/c1-11-3-6-13(7-4-11)10-16-15-9-14(17(18)19)8-5-12(15)2/h3-9,16H,10H2,1-2H3. The maximum absolute atomic E-state index is 10.8. The summed E-state index contributed by atoms with van der Waals surface area (Å²) in [7, 11) is 0. The van der Waals surface area contributed by atoms with Gasteiger partial charge in [0, 0.05) is 24.4 Å². The fraction of sp³-hybridized carbons (Fsp3) is 0.200. The van der Waals surface area contributed by atoms with Crippen LogP contribution < -0.4 is 5.32 Å². The van der Waals surface area contributed by atoms with Crippen LogP contribution in [0.3, 0.4) is 0 Å². The molecule has 1 N–H and O–H groups in total. The van der Waals surface area contributed by atoms with Crippen LogP contribution in [0.25, 0.3) is 0 Å². The number of non-ortho nitro benzene ring substituents is 1. The summed E-state index contributed by atoms with van der Waals surface area (Å²) in [4.78, 5) is 10.4. The summed E-state index contributed by atoms with van der Waals surface area (Å²) in [6.45, 7) is 4.63. The Hall–Kier alpha value is -2.36. The number of aryl methyl sites for hydroxylation is 2. The normalized spacial score (nSPS) is 10.2. The fourth-order valence-corrected chi connectivity index (χ4v) is 1.82. The van der Waals surface area contributed by atoms with Crippen LogP contribution in [-0.2, 0) is 6.54 Å². The second-order valence-corrected chi connectivity index (χ2v) is 4.60. The third-order valence-electron chi connectivity index (χ3n) is 3.04. The van der Waals surface area contributed by atoms with Gasteiger partial charge in [0.05, 0.1) is 4.92 Å². The topological polar surface area (TPSA) is 55.2 Å². The van der Waals surface area contributed by atoms with Crippen molar-refractivity contribution in [3.05, 3.63) is 69.3 Å². The minimum absolute atomic E-state index is 0.108. The first-order valence-electron chi connectivity index (χ1n) is 6.11. The van der Waals surface area contributed by atoms with Gasteiger partial charge in [0.2, 0.25) is 0 Å². The molecule has 0 bridgehead atoms. The number of nitro benzene ring substituents is 1. The number of benzene rings is 2. The molecule has 0 atom stereocenters. The average Bonchev–Trinajstić information content (AvgIpc) is 2.39. The van der Waals surface area contributed by atoms with Crippen LogP contribution in [0.4, 0.5) is 11.4 Å². The highest BCUT2D eigenvalue weighted by atomic mass is 16.6. The number of anilines is 1. The van der Waals surface area contributed by atoms with Crippen LogP contribution >= 0.6 is 0 Å². The van der Waals surface area contributed by atoms with Crippen molar-refractivity contribution in [3.63, 3.8) is 0 Å². The second-order valence-electron chi connectivity index (χ2n) is 4.60. The van der Waals surface area contributed by atoms with Crippen molar-refractivity contribution in [1.29, 1.82) is 0 Å². The summed E-state index contributed by atoms with van der Waals surface area (Å²) in [6, 6.07) is 13.1. The van der Waals surface area contributed by atoms with Gasteiger partial charge >= 0.3 is 0 Å². The van der Waals surface area contributed by atoms with E-state index >= 15 is 0 Å². The molecule has 98 valence electrons. The first-order chi connectivity index (χ1) is 9.06. The molecule has 0 unspecified atom stereocenters. The Balaban J connectivity index is 2.12. The van der Waals surface area contributed by atoms with Gasteiger partial charge in [-0.2, -0.15) is 0 Å². The molecule has 19 heavy (non-hydrogen) atoms. The van der Waals surface area contributed by atoms with Crippen LogP contribution in [0, 0.1) is 24.0 Å². The Labute approximate surface area is 112 Å². The summed E-state index contributed by atoms with van der Waals surface area (Å²) in [5.41, 5.74) is 4.27. The van der Waals surface area contributed by atoms with E-state index in [0.717, 1.165) is 16.8 Å². The quantitative estimate of drug-likeness (QED) is 0.668. The molecule has 0 heterocycles. The molecule has 0 saturated heterocycles. The van der Waals surface area contributed by atoms with E-state index < -0.39 is 0 Å². The van der Waals surface area contributed by atoms with Gasteiger partial charge in [-0.3, -0.25) is 10.1 Å². The maximum atomic E-state index is 10.8. The van der Waals surface area contributed by atoms with E-state index in [9.17, 15) is 10.1 Å². The lowest BCUT2D eigenvalue weighted by Gasteiger charge is -2.09. The van der Waals surface area contributed by atoms with E-state index in [4.69, 9.17) is 0 Å². The molecule has 2 aromatic carbocycles. The molecular weight excluding hydrogens is 240 g/mol. The zero-order valence-corrected chi connectivity index (χ0v) is 11.0. The van der Waals surface area contributed by atoms with Crippen molar-refractivity contribution in [2.75, 3.05) is 5.32 Å². The Morgan fingerprint density at radius 1 is 1.11 bits per heavy atom. The Morgan fingerprint density at radius 2 is 1.79 bits per heavy atom. The molecule has 0 spiro atoms. The molecule has 2 aromatic rings. The molecule has 0 fully saturated rings. The Morgan fingerprint density at radius 3 is 2.42 bits per heavy atom. The van der Waals surface area contributed by atoms with Crippen molar-refractivity contribution < 1.29 is 4.92 Å². The average molecular weight is 256 g/mol. The van der Waals surface area contributed by atoms with Gasteiger partial charge in [0.25, 0.3) is 5.69 Å². The van der Waals surface area contributed by atoms with Gasteiger partial charge in [-0.25, -0.2) is 0 Å². The fourth-order valence-electron chi connectivity index (χ4n) is 1.82. The molecule has 0 saturated carbocycles. The van der Waals surface area contributed by atoms with Crippen LogP contribution in [0.2, 0.25) is 0 Å². The van der Waals surface area contributed by atoms with Gasteiger partial charge in [0.15, 0.2) is 0 Å². The SMILES string of the molecule is Cc1ccc(CNc2cc([N+](=O)[O-])ccc2C)cc1. The number of nitrogens with zero attached hydrogens (tertiary/aromatic N) is 1. The third-order valence-corrected chi connectivity index (χ3v) is 3.04. The molecule has 0 aliphatic carbocycles. The summed E-state index contributed by atoms with van der Waals surface area (Å²) in [5, 5.41) is 14.0. The van der Waals surface area contributed by atoms with Crippen LogP contribution in [0.15, 0.2) is 42.5 Å². The number of nitrogens with one attached hydrogen (secondary N) is 1. The van der Waals surface area contributed by atoms with Gasteiger partial charge in [-0.1, -0.05) is 35.9 Å². The summed E-state index contributed by atoms with van der Waals surface area (Å²) < 4.78 is 0. The third kappa shape index (κ3) is 3.31. The minimum atomic E-state index is -0.378. The van der Waals surface area contributed by atoms with Crippen molar-refractivity contribution in [3.8, 4) is 0 Å². The van der Waals surface area contributed by atoms with Crippen molar-refractivity contribution >= 4 is 11.4 Å². The summed E-state index contributed by atoms with van der Waals surface area (Å²) in [6.07, 6.45) is 0. The first-order valence-corrected chi connectivity index (χ1v) is 6.11. The van der Waals surface area contributed by atoms with Crippen molar-refractivity contribution in [2.45, 2.75) is 20.4 Å². The molecule has 2 rings (SSSR count). The first kappa shape index (κ1) is 13.1. The lowest BCUT2D eigenvalue weighted by molar-refractivity contribution is -0.384. The Bertz CT molecular complexity index is 592. The molecule has 0 aliphatic rings. The lowest BCUT2D eigenvalue weighted by Crippen LogP contribution is -2.01. The Kier molecular flexibility index (Phi) is 3.80. The van der Waals surface area contributed by atoms with Crippen molar-refractivity contribution in [2.24, 2.45) is 0 Å². The van der Waals surface area contributed by atoms with Crippen molar-refractivity contribution in [1.82, 2.24) is 0 Å². The molecule has 4 nitrogen and oxygen atoms in total. The highest BCUT2D eigenvalue weighted by Gasteiger charge is 2.08. The van der Waals surface area contributed by atoms with E-state index in [1.165, 1.54) is 11.6 Å². The van der Waals surface area contributed by atoms with E-state index in [0.29, 0.717) is 6.54 Å². The smallest absolute Gasteiger partial charge is 0.271 e. The van der Waals surface area contributed by atoms with E-state index in [1.807, 2.05) is 13.8 Å². The monoisotopic (exact) mass is 256 g/mol. The zero-order chi connectivity index (χ0) is 13.8.